The van der Waals surface area contributed by atoms with E-state index in [1.54, 1.807) is 0 Å². The molecule has 0 bridgehead atoms. The number of para-hydroxylation sites is 1. The van der Waals surface area contributed by atoms with Gasteiger partial charge in [0.05, 0.1) is 33.4 Å². The Morgan fingerprint density at radius 3 is 1.30 bits per heavy atom. The number of aryl methyl sites for hydroxylation is 4. The summed E-state index contributed by atoms with van der Waals surface area (Å²) in [6.45, 7) is 8.72. The molecule has 8 aromatic carbocycles. The topological polar surface area (TPSA) is 26.2 Å². The summed E-state index contributed by atoms with van der Waals surface area (Å²) in [5.74, 6) is 0. The van der Waals surface area contributed by atoms with E-state index in [0.717, 1.165) is 50.4 Å². The second-order valence-electron chi connectivity index (χ2n) is 15.8. The lowest BCUT2D eigenvalue weighted by Gasteiger charge is -2.33. The van der Waals surface area contributed by atoms with Gasteiger partial charge in [-0.2, -0.15) is 0 Å². The molecular weight excluding hydrogens is 715 g/mol. The highest BCUT2D eigenvalue weighted by atomic mass is 32.2. The van der Waals surface area contributed by atoms with Crippen LogP contribution in [-0.2, 0) is 0 Å². The summed E-state index contributed by atoms with van der Waals surface area (Å²) in [7, 11) is 0. The van der Waals surface area contributed by atoms with E-state index in [1.807, 2.05) is 17.8 Å². The van der Waals surface area contributed by atoms with Crippen LogP contribution in [0.25, 0.3) is 76.9 Å². The van der Waals surface area contributed by atoms with E-state index in [1.165, 1.54) is 75.7 Å². The predicted octanol–water partition coefficient (Wildman–Crippen LogP) is 14.9. The molecule has 4 nitrogen and oxygen atoms in total. The van der Waals surface area contributed by atoms with Crippen LogP contribution in [0.2, 0.25) is 0 Å². The third kappa shape index (κ3) is 4.82. The molecule has 0 radical (unpaired) electrons. The molecule has 0 saturated heterocycles. The van der Waals surface area contributed by atoms with E-state index < -0.39 is 0 Å². The molecular formula is C52H37N3OS. The maximum Gasteiger partial charge on any atom is 0.135 e. The molecule has 0 fully saturated rings. The van der Waals surface area contributed by atoms with E-state index in [0.29, 0.717) is 0 Å². The minimum Gasteiger partial charge on any atom is -0.456 e. The van der Waals surface area contributed by atoms with Crippen molar-refractivity contribution >= 4 is 94.4 Å². The highest BCUT2D eigenvalue weighted by Gasteiger charge is 2.28. The Morgan fingerprint density at radius 1 is 0.368 bits per heavy atom. The Morgan fingerprint density at radius 2 is 0.807 bits per heavy atom. The summed E-state index contributed by atoms with van der Waals surface area (Å²) < 4.78 is 11.2. The van der Waals surface area contributed by atoms with Crippen LogP contribution < -0.4 is 4.90 Å². The number of furan rings is 1. The molecule has 12 rings (SSSR count). The molecule has 0 saturated carbocycles. The zero-order chi connectivity index (χ0) is 38.1. The van der Waals surface area contributed by atoms with Crippen LogP contribution in [0, 0.1) is 27.7 Å². The Hall–Kier alpha value is -6.69. The zero-order valence-electron chi connectivity index (χ0n) is 32.1. The number of nitrogens with zero attached hydrogens (tertiary/aromatic N) is 3. The molecule has 1 aliphatic rings. The number of anilines is 3. The zero-order valence-corrected chi connectivity index (χ0v) is 32.9. The number of fused-ring (bicyclic) bond motifs is 11. The third-order valence-electron chi connectivity index (χ3n) is 11.9. The molecule has 0 aliphatic carbocycles. The van der Waals surface area contributed by atoms with Crippen molar-refractivity contribution in [3.05, 3.63) is 174 Å². The molecule has 0 unspecified atom stereocenters. The van der Waals surface area contributed by atoms with E-state index in [-0.39, 0.29) is 0 Å². The molecule has 0 spiro atoms. The van der Waals surface area contributed by atoms with Crippen LogP contribution >= 0.6 is 11.8 Å². The lowest BCUT2D eigenvalue weighted by molar-refractivity contribution is 0.669. The fraction of sp³-hybridized carbons (Fsp3) is 0.0769. The molecule has 57 heavy (non-hydrogen) atoms. The van der Waals surface area contributed by atoms with Gasteiger partial charge in [-0.1, -0.05) is 76.5 Å². The minimum absolute atomic E-state index is 0.895. The van der Waals surface area contributed by atoms with Gasteiger partial charge >= 0.3 is 0 Å². The standard InChI is InChI=1S/C52H37N3OS/c1-30-9-16-43-38(23-30)39-24-31(2)10-17-44(39)53(43)35-13-20-47-51(28-35)57-52-29-36(54-45-18-11-32(3)25-40(45)41-26-33(4)12-19-46(41)54)14-21-48(52)55(47)34-15-22-50-42(27-34)37-7-5-6-8-49(37)56-50/h5-29H,1-4H3. The minimum atomic E-state index is 0.895. The summed E-state index contributed by atoms with van der Waals surface area (Å²) in [6, 6.07) is 56.2. The maximum absolute atomic E-state index is 6.29. The van der Waals surface area contributed by atoms with Gasteiger partial charge in [0.1, 0.15) is 11.2 Å². The SMILES string of the molecule is Cc1ccc2c(c1)c1cc(C)ccc1n2-c1ccc2c(c1)Sc1cc(-n3c4ccc(C)cc4c4cc(C)ccc43)ccc1N2c1ccc2oc3ccccc3c2c1. The van der Waals surface area contributed by atoms with E-state index >= 15 is 0 Å². The van der Waals surface area contributed by atoms with Crippen LogP contribution in [0.4, 0.5) is 17.1 Å². The lowest BCUT2D eigenvalue weighted by Crippen LogP contribution is -2.15. The van der Waals surface area contributed by atoms with Crippen molar-refractivity contribution < 1.29 is 4.42 Å². The monoisotopic (exact) mass is 751 g/mol. The average molecular weight is 752 g/mol. The quantitative estimate of drug-likeness (QED) is 0.180. The van der Waals surface area contributed by atoms with Crippen molar-refractivity contribution in [2.75, 3.05) is 4.90 Å². The molecule has 4 heterocycles. The highest BCUT2D eigenvalue weighted by molar-refractivity contribution is 7.99. The van der Waals surface area contributed by atoms with Gasteiger partial charge < -0.3 is 18.5 Å². The van der Waals surface area contributed by atoms with Gasteiger partial charge in [0.25, 0.3) is 0 Å². The van der Waals surface area contributed by atoms with Crippen LogP contribution in [0.3, 0.4) is 0 Å². The number of aromatic nitrogens is 2. The van der Waals surface area contributed by atoms with Gasteiger partial charge in [-0.05, 0) is 137 Å². The van der Waals surface area contributed by atoms with Crippen molar-refractivity contribution in [3.63, 3.8) is 0 Å². The fourth-order valence-corrected chi connectivity index (χ4v) is 10.4. The van der Waals surface area contributed by atoms with Crippen LogP contribution in [0.1, 0.15) is 22.3 Å². The molecule has 0 N–H and O–H groups in total. The van der Waals surface area contributed by atoms with Crippen molar-refractivity contribution in [2.24, 2.45) is 0 Å². The molecule has 11 aromatic rings. The smallest absolute Gasteiger partial charge is 0.135 e. The van der Waals surface area contributed by atoms with Gasteiger partial charge in [0, 0.05) is 59.2 Å². The first-order chi connectivity index (χ1) is 27.9. The van der Waals surface area contributed by atoms with E-state index in [4.69, 9.17) is 4.42 Å². The Labute approximate surface area is 334 Å². The molecule has 0 atom stereocenters. The van der Waals surface area contributed by atoms with Gasteiger partial charge in [0.15, 0.2) is 0 Å². The van der Waals surface area contributed by atoms with Crippen LogP contribution in [-0.4, -0.2) is 9.13 Å². The van der Waals surface area contributed by atoms with Crippen LogP contribution in [0.15, 0.2) is 166 Å². The molecule has 1 aliphatic heterocycles. The summed E-state index contributed by atoms with van der Waals surface area (Å²) >= 11 is 1.86. The number of benzene rings is 8. The average Bonchev–Trinajstić information content (AvgIpc) is 3.86. The van der Waals surface area contributed by atoms with E-state index in [9.17, 15) is 0 Å². The molecule has 272 valence electrons. The van der Waals surface area contributed by atoms with Gasteiger partial charge in [-0.3, -0.25) is 0 Å². The Kier molecular flexibility index (Phi) is 6.80. The second kappa shape index (κ2) is 11.9. The molecule has 5 heteroatoms. The summed E-state index contributed by atoms with van der Waals surface area (Å²) in [4.78, 5) is 4.85. The summed E-state index contributed by atoms with van der Waals surface area (Å²) in [5, 5.41) is 7.38. The predicted molar refractivity (Wildman–Crippen MR) is 240 cm³/mol. The first-order valence-electron chi connectivity index (χ1n) is 19.6. The van der Waals surface area contributed by atoms with Crippen molar-refractivity contribution in [1.82, 2.24) is 9.13 Å². The number of hydrogen-bond acceptors (Lipinski definition) is 3. The summed E-state index contributed by atoms with van der Waals surface area (Å²) in [6.07, 6.45) is 0. The first-order valence-corrected chi connectivity index (χ1v) is 20.4. The lowest BCUT2D eigenvalue weighted by atomic mass is 10.1. The van der Waals surface area contributed by atoms with Crippen LogP contribution in [0.5, 0.6) is 0 Å². The van der Waals surface area contributed by atoms with Crippen molar-refractivity contribution in [1.29, 1.82) is 0 Å². The number of hydrogen-bond donors (Lipinski definition) is 0. The Balaban J connectivity index is 1.09. The Bertz CT molecular complexity index is 3210. The van der Waals surface area contributed by atoms with Gasteiger partial charge in [-0.25, -0.2) is 0 Å². The van der Waals surface area contributed by atoms with Crippen molar-refractivity contribution in [3.8, 4) is 11.4 Å². The first kappa shape index (κ1) is 32.5. The normalized spacial score (nSPS) is 12.8. The molecule has 0 amide bonds. The van der Waals surface area contributed by atoms with E-state index in [2.05, 4.69) is 187 Å². The van der Waals surface area contributed by atoms with Gasteiger partial charge in [-0.15, -0.1) is 0 Å². The number of rotatable bonds is 3. The third-order valence-corrected chi connectivity index (χ3v) is 13.0. The molecule has 3 aromatic heterocycles. The maximum atomic E-state index is 6.29. The second-order valence-corrected chi connectivity index (χ2v) is 16.9. The highest BCUT2D eigenvalue weighted by Crippen LogP contribution is 2.53. The van der Waals surface area contributed by atoms with Gasteiger partial charge in [0.2, 0.25) is 0 Å². The largest absolute Gasteiger partial charge is 0.456 e. The van der Waals surface area contributed by atoms with Crippen molar-refractivity contribution in [2.45, 2.75) is 37.5 Å². The summed E-state index contributed by atoms with van der Waals surface area (Å²) in [5.41, 5.74) is 17.5. The fourth-order valence-electron chi connectivity index (χ4n) is 9.25.